The van der Waals surface area contributed by atoms with Gasteiger partial charge in [-0.3, -0.25) is 0 Å². The Morgan fingerprint density at radius 2 is 2.11 bits per heavy atom. The molecular formula is C14H15BrFNS. The normalized spacial score (nSPS) is 12.7. The number of aryl methyl sites for hydroxylation is 1. The molecule has 1 unspecified atom stereocenters. The van der Waals surface area contributed by atoms with Crippen molar-refractivity contribution in [3.05, 3.63) is 45.0 Å². The smallest absolute Gasteiger partial charge is 0.138 e. The molecule has 0 saturated heterocycles. The van der Waals surface area contributed by atoms with Crippen molar-refractivity contribution in [3.63, 3.8) is 0 Å². The lowest BCUT2D eigenvalue weighted by molar-refractivity contribution is 0.621. The van der Waals surface area contributed by atoms with E-state index in [-0.39, 0.29) is 11.9 Å². The van der Waals surface area contributed by atoms with Gasteiger partial charge in [0.25, 0.3) is 0 Å². The first kappa shape index (κ1) is 13.7. The zero-order valence-corrected chi connectivity index (χ0v) is 12.7. The van der Waals surface area contributed by atoms with Crippen LogP contribution in [0.1, 0.15) is 29.8 Å². The summed E-state index contributed by atoms with van der Waals surface area (Å²) in [6, 6.07) is 7.51. The molecule has 0 bridgehead atoms. The predicted molar refractivity (Wildman–Crippen MR) is 79.4 cm³/mol. The van der Waals surface area contributed by atoms with Crippen molar-refractivity contribution in [3.8, 4) is 10.4 Å². The minimum absolute atomic E-state index is 0.0735. The molecule has 0 aliphatic heterocycles. The van der Waals surface area contributed by atoms with Gasteiger partial charge >= 0.3 is 0 Å². The van der Waals surface area contributed by atoms with E-state index in [0.29, 0.717) is 4.47 Å². The quantitative estimate of drug-likeness (QED) is 0.840. The second-order valence-corrected chi connectivity index (χ2v) is 6.27. The van der Waals surface area contributed by atoms with E-state index in [1.54, 1.807) is 17.4 Å². The molecule has 0 aliphatic carbocycles. The lowest BCUT2D eigenvalue weighted by Crippen LogP contribution is -2.05. The molecule has 4 heteroatoms. The minimum Gasteiger partial charge on any atom is -0.323 e. The van der Waals surface area contributed by atoms with Crippen molar-refractivity contribution in [2.75, 3.05) is 0 Å². The largest absolute Gasteiger partial charge is 0.323 e. The van der Waals surface area contributed by atoms with Crippen LogP contribution in [0.4, 0.5) is 4.39 Å². The van der Waals surface area contributed by atoms with Crippen molar-refractivity contribution in [2.45, 2.75) is 26.3 Å². The molecule has 0 amide bonds. The van der Waals surface area contributed by atoms with Crippen molar-refractivity contribution in [2.24, 2.45) is 5.73 Å². The summed E-state index contributed by atoms with van der Waals surface area (Å²) in [4.78, 5) is 2.22. The summed E-state index contributed by atoms with van der Waals surface area (Å²) in [6.45, 7) is 4.05. The van der Waals surface area contributed by atoms with E-state index in [9.17, 15) is 4.39 Å². The average Bonchev–Trinajstić information content (AvgIpc) is 2.82. The maximum atomic E-state index is 13.6. The fourth-order valence-electron chi connectivity index (χ4n) is 1.81. The van der Waals surface area contributed by atoms with Gasteiger partial charge in [0.15, 0.2) is 0 Å². The van der Waals surface area contributed by atoms with Crippen LogP contribution in [0.2, 0.25) is 0 Å². The number of hydrogen-bond donors (Lipinski definition) is 1. The van der Waals surface area contributed by atoms with Crippen molar-refractivity contribution < 1.29 is 4.39 Å². The lowest BCUT2D eigenvalue weighted by Gasteiger charge is -2.06. The van der Waals surface area contributed by atoms with Gasteiger partial charge in [-0.05, 0) is 64.7 Å². The van der Waals surface area contributed by atoms with Gasteiger partial charge in [-0.2, -0.15) is 0 Å². The molecule has 1 atom stereocenters. The monoisotopic (exact) mass is 327 g/mol. The molecule has 0 saturated carbocycles. The van der Waals surface area contributed by atoms with Crippen LogP contribution >= 0.6 is 27.3 Å². The van der Waals surface area contributed by atoms with E-state index >= 15 is 0 Å². The highest BCUT2D eigenvalue weighted by Gasteiger charge is 2.12. The third-order valence-corrected chi connectivity index (χ3v) is 4.82. The third-order valence-electron chi connectivity index (χ3n) is 2.96. The summed E-state index contributed by atoms with van der Waals surface area (Å²) in [7, 11) is 0. The molecule has 18 heavy (non-hydrogen) atoms. The summed E-state index contributed by atoms with van der Waals surface area (Å²) in [5.41, 5.74) is 8.00. The summed E-state index contributed by atoms with van der Waals surface area (Å²) in [5, 5.41) is 0. The molecule has 0 fully saturated rings. The zero-order chi connectivity index (χ0) is 13.3. The maximum absolute atomic E-state index is 13.6. The van der Waals surface area contributed by atoms with Crippen molar-refractivity contribution >= 4 is 27.3 Å². The molecule has 1 nitrogen and oxygen atoms in total. The number of nitrogens with two attached hydrogens (primary N) is 1. The SMILES string of the molecule is CCC(N)c1ccc(-c2cc(F)c(Br)cc2C)s1. The Labute approximate surface area is 119 Å². The molecule has 0 spiro atoms. The highest BCUT2D eigenvalue weighted by molar-refractivity contribution is 9.10. The van der Waals surface area contributed by atoms with Crippen molar-refractivity contribution in [1.29, 1.82) is 0 Å². The molecule has 2 N–H and O–H groups in total. The number of hydrogen-bond acceptors (Lipinski definition) is 2. The Balaban J connectivity index is 2.43. The molecule has 2 aromatic rings. The Kier molecular flexibility index (Phi) is 4.20. The Morgan fingerprint density at radius 3 is 2.78 bits per heavy atom. The molecule has 0 aliphatic rings. The fraction of sp³-hybridized carbons (Fsp3) is 0.286. The summed E-state index contributed by atoms with van der Waals surface area (Å²) in [5.74, 6) is -0.231. The van der Waals surface area contributed by atoms with E-state index in [1.807, 2.05) is 25.1 Å². The Morgan fingerprint density at radius 1 is 1.39 bits per heavy atom. The lowest BCUT2D eigenvalue weighted by atomic mass is 10.1. The van der Waals surface area contributed by atoms with Crippen LogP contribution in [0.3, 0.4) is 0 Å². The number of halogens is 2. The third kappa shape index (κ3) is 2.66. The van der Waals surface area contributed by atoms with E-state index in [1.165, 1.54) is 0 Å². The maximum Gasteiger partial charge on any atom is 0.138 e. The predicted octanol–water partition coefficient (Wildman–Crippen LogP) is 5.03. The van der Waals surface area contributed by atoms with Gasteiger partial charge in [-0.15, -0.1) is 11.3 Å². The summed E-state index contributed by atoms with van der Waals surface area (Å²) < 4.78 is 14.1. The second-order valence-electron chi connectivity index (χ2n) is 4.30. The molecule has 1 aromatic carbocycles. The molecular weight excluding hydrogens is 313 g/mol. The number of rotatable bonds is 3. The van der Waals surface area contributed by atoms with Crippen LogP contribution in [0.25, 0.3) is 10.4 Å². The van der Waals surface area contributed by atoms with Crippen LogP contribution in [0.15, 0.2) is 28.7 Å². The van der Waals surface area contributed by atoms with Crippen molar-refractivity contribution in [1.82, 2.24) is 0 Å². The van der Waals surface area contributed by atoms with E-state index in [4.69, 9.17) is 5.73 Å². The highest BCUT2D eigenvalue weighted by Crippen LogP contribution is 2.35. The first-order valence-electron chi connectivity index (χ1n) is 5.84. The standard InChI is InChI=1S/C14H15BrFNS/c1-3-12(17)14-5-4-13(18-14)9-7-11(16)10(15)6-8(9)2/h4-7,12H,3,17H2,1-2H3. The van der Waals surface area contributed by atoms with Crippen LogP contribution in [-0.4, -0.2) is 0 Å². The number of benzene rings is 1. The van der Waals surface area contributed by atoms with Crippen LogP contribution in [0, 0.1) is 12.7 Å². The van der Waals surface area contributed by atoms with Gasteiger partial charge in [0.1, 0.15) is 5.82 Å². The molecule has 1 aromatic heterocycles. The fourth-order valence-corrected chi connectivity index (χ4v) is 3.44. The minimum atomic E-state index is -0.231. The highest BCUT2D eigenvalue weighted by atomic mass is 79.9. The van der Waals surface area contributed by atoms with Gasteiger partial charge < -0.3 is 5.73 Å². The van der Waals surface area contributed by atoms with E-state index in [2.05, 4.69) is 22.9 Å². The zero-order valence-electron chi connectivity index (χ0n) is 10.3. The van der Waals surface area contributed by atoms with E-state index in [0.717, 1.165) is 27.3 Å². The van der Waals surface area contributed by atoms with Crippen LogP contribution < -0.4 is 5.73 Å². The Hall–Kier alpha value is -0.710. The molecule has 0 radical (unpaired) electrons. The van der Waals surface area contributed by atoms with Gasteiger partial charge in [0.2, 0.25) is 0 Å². The molecule has 2 rings (SSSR count). The van der Waals surface area contributed by atoms with Gasteiger partial charge in [-0.25, -0.2) is 4.39 Å². The first-order chi connectivity index (χ1) is 8.52. The topological polar surface area (TPSA) is 26.0 Å². The molecule has 1 heterocycles. The first-order valence-corrected chi connectivity index (χ1v) is 7.45. The number of thiophene rings is 1. The second kappa shape index (κ2) is 5.51. The summed E-state index contributed by atoms with van der Waals surface area (Å²) >= 11 is 4.84. The van der Waals surface area contributed by atoms with Gasteiger partial charge in [-0.1, -0.05) is 6.92 Å². The van der Waals surface area contributed by atoms with E-state index < -0.39 is 0 Å². The van der Waals surface area contributed by atoms with Crippen LogP contribution in [-0.2, 0) is 0 Å². The van der Waals surface area contributed by atoms with Crippen LogP contribution in [0.5, 0.6) is 0 Å². The summed E-state index contributed by atoms with van der Waals surface area (Å²) in [6.07, 6.45) is 0.910. The molecule has 96 valence electrons. The average molecular weight is 328 g/mol. The Bertz CT molecular complexity index is 565. The van der Waals surface area contributed by atoms with Gasteiger partial charge in [0.05, 0.1) is 4.47 Å². The van der Waals surface area contributed by atoms with Gasteiger partial charge in [0, 0.05) is 15.8 Å².